The fourth-order valence-corrected chi connectivity index (χ4v) is 2.53. The van der Waals surface area contributed by atoms with Crippen LogP contribution in [0.3, 0.4) is 0 Å². The predicted molar refractivity (Wildman–Crippen MR) is 101 cm³/mol. The lowest BCUT2D eigenvalue weighted by Gasteiger charge is -2.21. The summed E-state index contributed by atoms with van der Waals surface area (Å²) >= 11 is 11.2. The van der Waals surface area contributed by atoms with E-state index < -0.39 is 0 Å². The summed E-state index contributed by atoms with van der Waals surface area (Å²) in [6, 6.07) is 15.7. The molecule has 0 aliphatic heterocycles. The molecule has 2 N–H and O–H groups in total. The normalized spacial score (nSPS) is 10.1. The number of nitrogens with zero attached hydrogens (tertiary/aromatic N) is 1. The first kappa shape index (κ1) is 16.6. The van der Waals surface area contributed by atoms with Gasteiger partial charge in [0.2, 0.25) is 0 Å². The summed E-state index contributed by atoms with van der Waals surface area (Å²) in [5.74, 6) is 0. The van der Waals surface area contributed by atoms with Crippen LogP contribution < -0.4 is 15.5 Å². The Morgan fingerprint density at radius 1 is 0.909 bits per heavy atom. The van der Waals surface area contributed by atoms with Crippen LogP contribution in [0.1, 0.15) is 13.8 Å². The molecule has 2 aromatic rings. The van der Waals surface area contributed by atoms with Gasteiger partial charge in [0.05, 0.1) is 0 Å². The molecule has 0 spiro atoms. The predicted octanol–water partition coefficient (Wildman–Crippen LogP) is 5.00. The fourth-order valence-electron chi connectivity index (χ4n) is 2.17. The highest BCUT2D eigenvalue weighted by Crippen LogP contribution is 2.18. The molecule has 22 heavy (non-hydrogen) atoms. The molecule has 116 valence electrons. The lowest BCUT2D eigenvalue weighted by Crippen LogP contribution is -2.22. The zero-order valence-electron chi connectivity index (χ0n) is 12.8. The van der Waals surface area contributed by atoms with Crippen molar-refractivity contribution in [2.45, 2.75) is 13.8 Å². The quantitative estimate of drug-likeness (QED) is 0.753. The van der Waals surface area contributed by atoms with Crippen LogP contribution in [0, 0.1) is 0 Å². The third-order valence-electron chi connectivity index (χ3n) is 3.36. The SMILES string of the molecule is CCN(CC)c1ccc(NC(=S)Nc2ccc(Cl)cc2)cc1. The van der Waals surface area contributed by atoms with Gasteiger partial charge in [-0.25, -0.2) is 0 Å². The maximum atomic E-state index is 5.86. The monoisotopic (exact) mass is 333 g/mol. The van der Waals surface area contributed by atoms with E-state index in [0.29, 0.717) is 10.1 Å². The Balaban J connectivity index is 1.95. The average molecular weight is 334 g/mol. The van der Waals surface area contributed by atoms with Gasteiger partial charge in [0.1, 0.15) is 0 Å². The Morgan fingerprint density at radius 3 is 1.82 bits per heavy atom. The van der Waals surface area contributed by atoms with Gasteiger partial charge in [0, 0.05) is 35.2 Å². The molecule has 0 atom stereocenters. The average Bonchev–Trinajstić information content (AvgIpc) is 2.52. The van der Waals surface area contributed by atoms with Gasteiger partial charge in [0.25, 0.3) is 0 Å². The number of benzene rings is 2. The first-order chi connectivity index (χ1) is 10.6. The van der Waals surface area contributed by atoms with Crippen LogP contribution in [0.4, 0.5) is 17.1 Å². The van der Waals surface area contributed by atoms with Crippen molar-refractivity contribution in [3.05, 3.63) is 53.6 Å². The van der Waals surface area contributed by atoms with Gasteiger partial charge in [-0.05, 0) is 74.6 Å². The lowest BCUT2D eigenvalue weighted by atomic mass is 10.2. The van der Waals surface area contributed by atoms with E-state index in [1.165, 1.54) is 5.69 Å². The maximum Gasteiger partial charge on any atom is 0.175 e. The minimum Gasteiger partial charge on any atom is -0.372 e. The molecule has 2 aromatic carbocycles. The third-order valence-corrected chi connectivity index (χ3v) is 3.81. The molecule has 0 fully saturated rings. The zero-order valence-corrected chi connectivity index (χ0v) is 14.3. The second-order valence-electron chi connectivity index (χ2n) is 4.81. The Morgan fingerprint density at radius 2 is 1.36 bits per heavy atom. The number of thiocarbonyl (C=S) groups is 1. The van der Waals surface area contributed by atoms with Crippen LogP contribution in [0.5, 0.6) is 0 Å². The summed E-state index contributed by atoms with van der Waals surface area (Å²) in [7, 11) is 0. The lowest BCUT2D eigenvalue weighted by molar-refractivity contribution is 0.866. The number of hydrogen-bond acceptors (Lipinski definition) is 2. The Bertz CT molecular complexity index is 607. The van der Waals surface area contributed by atoms with Crippen LogP contribution in [-0.4, -0.2) is 18.2 Å². The Labute approximate surface area is 142 Å². The first-order valence-corrected chi connectivity index (χ1v) is 8.09. The van der Waals surface area contributed by atoms with Gasteiger partial charge in [-0.15, -0.1) is 0 Å². The molecule has 0 saturated heterocycles. The van der Waals surface area contributed by atoms with Crippen LogP contribution in [0.2, 0.25) is 5.02 Å². The number of anilines is 3. The van der Waals surface area contributed by atoms with E-state index in [2.05, 4.69) is 41.5 Å². The maximum absolute atomic E-state index is 5.86. The molecule has 0 heterocycles. The summed E-state index contributed by atoms with van der Waals surface area (Å²) in [6.07, 6.45) is 0. The van der Waals surface area contributed by atoms with Crippen LogP contribution in [-0.2, 0) is 0 Å². The van der Waals surface area contributed by atoms with Crippen molar-refractivity contribution in [1.29, 1.82) is 0 Å². The molecule has 3 nitrogen and oxygen atoms in total. The molecule has 2 rings (SSSR count). The van der Waals surface area contributed by atoms with Gasteiger partial charge >= 0.3 is 0 Å². The van der Waals surface area contributed by atoms with Crippen molar-refractivity contribution >= 4 is 46.0 Å². The molecule has 0 bridgehead atoms. The molecule has 0 aromatic heterocycles. The van der Waals surface area contributed by atoms with E-state index >= 15 is 0 Å². The van der Waals surface area contributed by atoms with Crippen LogP contribution in [0.25, 0.3) is 0 Å². The van der Waals surface area contributed by atoms with E-state index in [4.69, 9.17) is 23.8 Å². The molecular formula is C17H20ClN3S. The van der Waals surface area contributed by atoms with Gasteiger partial charge in [-0.1, -0.05) is 11.6 Å². The second-order valence-corrected chi connectivity index (χ2v) is 5.65. The smallest absolute Gasteiger partial charge is 0.175 e. The molecule has 0 aliphatic carbocycles. The molecular weight excluding hydrogens is 314 g/mol. The van der Waals surface area contributed by atoms with Crippen LogP contribution in [0.15, 0.2) is 48.5 Å². The molecule has 0 saturated carbocycles. The summed E-state index contributed by atoms with van der Waals surface area (Å²) in [4.78, 5) is 2.30. The van der Waals surface area contributed by atoms with E-state index in [0.717, 1.165) is 24.5 Å². The number of nitrogens with one attached hydrogen (secondary N) is 2. The van der Waals surface area contributed by atoms with Gasteiger partial charge in [0.15, 0.2) is 5.11 Å². The minimum absolute atomic E-state index is 0.554. The minimum atomic E-state index is 0.554. The first-order valence-electron chi connectivity index (χ1n) is 7.31. The van der Waals surface area contributed by atoms with E-state index in [-0.39, 0.29) is 0 Å². The summed E-state index contributed by atoms with van der Waals surface area (Å²) in [5, 5.41) is 7.56. The highest BCUT2D eigenvalue weighted by atomic mass is 35.5. The Kier molecular flexibility index (Phi) is 6.04. The van der Waals surface area contributed by atoms with Crippen molar-refractivity contribution in [2.24, 2.45) is 0 Å². The number of halogens is 1. The third kappa shape index (κ3) is 4.61. The second kappa shape index (κ2) is 8.01. The van der Waals surface area contributed by atoms with Gasteiger partial charge in [-0.3, -0.25) is 0 Å². The molecule has 0 radical (unpaired) electrons. The summed E-state index contributed by atoms with van der Waals surface area (Å²) in [6.45, 7) is 6.31. The zero-order chi connectivity index (χ0) is 15.9. The van der Waals surface area contributed by atoms with Gasteiger partial charge < -0.3 is 15.5 Å². The van der Waals surface area contributed by atoms with Crippen molar-refractivity contribution in [2.75, 3.05) is 28.6 Å². The molecule has 0 aliphatic rings. The van der Waals surface area contributed by atoms with E-state index in [9.17, 15) is 0 Å². The summed E-state index contributed by atoms with van der Waals surface area (Å²) < 4.78 is 0. The largest absolute Gasteiger partial charge is 0.372 e. The van der Waals surface area contributed by atoms with Crippen LogP contribution >= 0.6 is 23.8 Å². The molecule has 0 amide bonds. The standard InChI is InChI=1S/C17H20ClN3S/c1-3-21(4-2)16-11-9-15(10-12-16)20-17(22)19-14-7-5-13(18)6-8-14/h5-12H,3-4H2,1-2H3,(H2,19,20,22). The van der Waals surface area contributed by atoms with Crippen molar-refractivity contribution < 1.29 is 0 Å². The molecule has 0 unspecified atom stereocenters. The van der Waals surface area contributed by atoms with Crippen molar-refractivity contribution in [1.82, 2.24) is 0 Å². The van der Waals surface area contributed by atoms with Crippen molar-refractivity contribution in [3.63, 3.8) is 0 Å². The Hall–Kier alpha value is -1.78. The molecule has 5 heteroatoms. The van der Waals surface area contributed by atoms with E-state index in [1.54, 1.807) is 0 Å². The van der Waals surface area contributed by atoms with Crippen molar-refractivity contribution in [3.8, 4) is 0 Å². The topological polar surface area (TPSA) is 27.3 Å². The van der Waals surface area contributed by atoms with Gasteiger partial charge in [-0.2, -0.15) is 0 Å². The fraction of sp³-hybridized carbons (Fsp3) is 0.235. The number of rotatable bonds is 5. The van der Waals surface area contributed by atoms with E-state index in [1.807, 2.05) is 36.4 Å². The summed E-state index contributed by atoms with van der Waals surface area (Å²) in [5.41, 5.74) is 3.08. The number of hydrogen-bond donors (Lipinski definition) is 2. The highest BCUT2D eigenvalue weighted by Gasteiger charge is 2.03. The highest BCUT2D eigenvalue weighted by molar-refractivity contribution is 7.80.